The molecule has 0 aliphatic rings. The zero-order chi connectivity index (χ0) is 34.1. The molecule has 0 spiro atoms. The number of hydrogen-bond acceptors (Lipinski definition) is 5. The molecule has 0 saturated carbocycles. The van der Waals surface area contributed by atoms with E-state index in [0.717, 1.165) is 25.5 Å². The second-order valence-corrected chi connectivity index (χ2v) is 14.5. The van der Waals surface area contributed by atoms with Gasteiger partial charge in [-0.15, -0.1) is 0 Å². The number of carbonyl (C=O) groups excluding carboxylic acids is 2. The maximum absolute atomic E-state index is 14.7. The lowest BCUT2D eigenvalue weighted by Gasteiger charge is -2.34. The third-order valence-corrected chi connectivity index (χ3v) is 10.3. The number of aryl methyl sites for hydroxylation is 1. The van der Waals surface area contributed by atoms with Gasteiger partial charge in [-0.05, 0) is 73.9 Å². The van der Waals surface area contributed by atoms with Crippen LogP contribution in [0.25, 0.3) is 0 Å². The van der Waals surface area contributed by atoms with Crippen LogP contribution in [0.3, 0.4) is 0 Å². The first-order chi connectivity index (χ1) is 22.4. The van der Waals surface area contributed by atoms with Crippen LogP contribution in [0.15, 0.2) is 106 Å². The topological polar surface area (TPSA) is 96.0 Å². The normalized spacial score (nSPS) is 12.6. The van der Waals surface area contributed by atoms with E-state index >= 15 is 0 Å². The molecule has 11 heteroatoms. The Morgan fingerprint density at radius 1 is 0.936 bits per heavy atom. The highest BCUT2D eigenvalue weighted by molar-refractivity contribution is 9.10. The molecule has 0 aliphatic heterocycles. The van der Waals surface area contributed by atoms with Gasteiger partial charge in [-0.2, -0.15) is 0 Å². The van der Waals surface area contributed by atoms with Crippen LogP contribution >= 0.6 is 27.5 Å². The molecule has 4 aromatic carbocycles. The molecule has 1 N–H and O–H groups in total. The molecule has 0 aromatic heterocycles. The van der Waals surface area contributed by atoms with Crippen LogP contribution in [-0.4, -0.2) is 50.9 Å². The number of anilines is 1. The zero-order valence-electron chi connectivity index (χ0n) is 26.8. The molecule has 0 aliphatic carbocycles. The Morgan fingerprint density at radius 2 is 1.62 bits per heavy atom. The monoisotopic (exact) mass is 739 g/mol. The van der Waals surface area contributed by atoms with Crippen molar-refractivity contribution in [2.24, 2.45) is 0 Å². The van der Waals surface area contributed by atoms with E-state index in [1.54, 1.807) is 24.3 Å². The molecule has 248 valence electrons. The minimum absolute atomic E-state index is 0.00758. The minimum atomic E-state index is -4.32. The summed E-state index contributed by atoms with van der Waals surface area (Å²) in [6, 6.07) is 26.7. The summed E-state index contributed by atoms with van der Waals surface area (Å²) in [4.78, 5) is 30.1. The molecule has 4 rings (SSSR count). The summed E-state index contributed by atoms with van der Waals surface area (Å²) in [5.41, 5.74) is 2.59. The Morgan fingerprint density at radius 3 is 2.26 bits per heavy atom. The first-order valence-corrected chi connectivity index (χ1v) is 17.8. The van der Waals surface area contributed by atoms with Crippen molar-refractivity contribution in [3.63, 3.8) is 0 Å². The van der Waals surface area contributed by atoms with E-state index in [9.17, 15) is 18.0 Å². The Labute approximate surface area is 290 Å². The molecule has 0 fully saturated rings. The molecule has 47 heavy (non-hydrogen) atoms. The Hall–Kier alpha value is -3.86. The number of nitrogens with one attached hydrogen (secondary N) is 1. The van der Waals surface area contributed by atoms with E-state index in [4.69, 9.17) is 16.3 Å². The molecule has 0 unspecified atom stereocenters. The summed E-state index contributed by atoms with van der Waals surface area (Å²) in [5.74, 6) is -0.700. The van der Waals surface area contributed by atoms with E-state index in [-0.39, 0.29) is 46.3 Å². The first-order valence-electron chi connectivity index (χ1n) is 15.2. The van der Waals surface area contributed by atoms with Crippen molar-refractivity contribution in [1.29, 1.82) is 0 Å². The number of nitrogens with zero attached hydrogens (tertiary/aromatic N) is 2. The number of hydrogen-bond donors (Lipinski definition) is 1. The highest BCUT2D eigenvalue weighted by Crippen LogP contribution is 2.35. The first kappa shape index (κ1) is 36.0. The van der Waals surface area contributed by atoms with Crippen LogP contribution in [0.1, 0.15) is 37.0 Å². The van der Waals surface area contributed by atoms with Crippen LogP contribution in [0.5, 0.6) is 5.75 Å². The van der Waals surface area contributed by atoms with Crippen LogP contribution in [-0.2, 0) is 32.6 Å². The van der Waals surface area contributed by atoms with Gasteiger partial charge in [0.15, 0.2) is 0 Å². The van der Waals surface area contributed by atoms with Crippen LogP contribution < -0.4 is 14.4 Å². The molecule has 2 amide bonds. The number of carbonyl (C=O) groups is 2. The second-order valence-electron chi connectivity index (χ2n) is 11.3. The largest absolute Gasteiger partial charge is 0.495 e. The number of ether oxygens (including phenoxy) is 1. The van der Waals surface area contributed by atoms with Crippen molar-refractivity contribution in [3.8, 4) is 5.75 Å². The van der Waals surface area contributed by atoms with Crippen molar-refractivity contribution in [3.05, 3.63) is 123 Å². The fourth-order valence-corrected chi connectivity index (χ4v) is 7.07. The van der Waals surface area contributed by atoms with Gasteiger partial charge in [-0.3, -0.25) is 13.9 Å². The van der Waals surface area contributed by atoms with Crippen LogP contribution in [0.2, 0.25) is 5.02 Å². The van der Waals surface area contributed by atoms with E-state index in [1.807, 2.05) is 75.4 Å². The number of benzene rings is 4. The molecule has 0 bridgehead atoms. The van der Waals surface area contributed by atoms with Gasteiger partial charge in [0.1, 0.15) is 18.3 Å². The Kier molecular flexibility index (Phi) is 12.5. The van der Waals surface area contributed by atoms with Crippen LogP contribution in [0, 0.1) is 6.92 Å². The third-order valence-electron chi connectivity index (χ3n) is 7.81. The third kappa shape index (κ3) is 9.37. The van der Waals surface area contributed by atoms with Gasteiger partial charge in [0.25, 0.3) is 10.0 Å². The quantitative estimate of drug-likeness (QED) is 0.148. The Bertz CT molecular complexity index is 1790. The number of methoxy groups -OCH3 is 1. The van der Waals surface area contributed by atoms with Crippen molar-refractivity contribution in [2.75, 3.05) is 18.0 Å². The summed E-state index contributed by atoms with van der Waals surface area (Å²) in [7, 11) is -2.90. The van der Waals surface area contributed by atoms with Crippen LogP contribution in [0.4, 0.5) is 5.69 Å². The number of sulfonamides is 1. The number of amides is 2. The van der Waals surface area contributed by atoms with Gasteiger partial charge in [-0.1, -0.05) is 94.6 Å². The predicted molar refractivity (Wildman–Crippen MR) is 190 cm³/mol. The van der Waals surface area contributed by atoms with Crippen molar-refractivity contribution >= 4 is 55.1 Å². The predicted octanol–water partition coefficient (Wildman–Crippen LogP) is 7.17. The average molecular weight is 741 g/mol. The maximum atomic E-state index is 14.7. The SMILES string of the molecule is CC[C@H](C)NC(=O)[C@H](Cc1ccccc1)N(Cc1cccc(Br)c1)C(=O)CN(c1cc(Cl)ccc1OC)S(=O)(=O)c1ccc(C)cc1. The summed E-state index contributed by atoms with van der Waals surface area (Å²) in [6.45, 7) is 5.15. The van der Waals surface area contributed by atoms with Gasteiger partial charge in [0.2, 0.25) is 11.8 Å². The van der Waals surface area contributed by atoms with Crippen molar-refractivity contribution in [1.82, 2.24) is 10.2 Å². The fourth-order valence-electron chi connectivity index (χ4n) is 5.04. The standard InChI is InChI=1S/C36H39BrClN3O5S/c1-5-26(3)39-36(43)33(21-27-10-7-6-8-11-27)40(23-28-12-9-13-29(37)20-28)35(42)24-41(32-22-30(38)16-19-34(32)46-4)47(44,45)31-17-14-25(2)15-18-31/h6-20,22,26,33H,5,21,23-24H2,1-4H3,(H,39,43)/t26-,33-/m0/s1. The van der Waals surface area contributed by atoms with Gasteiger partial charge in [-0.25, -0.2) is 8.42 Å². The highest BCUT2D eigenvalue weighted by Gasteiger charge is 2.36. The summed E-state index contributed by atoms with van der Waals surface area (Å²) < 4.78 is 36.0. The minimum Gasteiger partial charge on any atom is -0.495 e. The van der Waals surface area contributed by atoms with Gasteiger partial charge >= 0.3 is 0 Å². The van der Waals surface area contributed by atoms with E-state index in [0.29, 0.717) is 6.42 Å². The zero-order valence-corrected chi connectivity index (χ0v) is 30.0. The summed E-state index contributed by atoms with van der Waals surface area (Å²) in [5, 5.41) is 3.31. The number of rotatable bonds is 14. The second kappa shape index (κ2) is 16.3. The lowest BCUT2D eigenvalue weighted by atomic mass is 10.0. The molecular formula is C36H39BrClN3O5S. The summed E-state index contributed by atoms with van der Waals surface area (Å²) in [6.07, 6.45) is 0.911. The van der Waals surface area contributed by atoms with Crippen molar-refractivity contribution < 1.29 is 22.7 Å². The number of halogens is 2. The molecule has 8 nitrogen and oxygen atoms in total. The van der Waals surface area contributed by atoms with Gasteiger partial charge in [0.05, 0.1) is 17.7 Å². The van der Waals surface area contributed by atoms with Crippen molar-refractivity contribution in [2.45, 2.75) is 57.1 Å². The smallest absolute Gasteiger partial charge is 0.264 e. The molecule has 4 aromatic rings. The van der Waals surface area contributed by atoms with E-state index in [2.05, 4.69) is 21.2 Å². The lowest BCUT2D eigenvalue weighted by Crippen LogP contribution is -2.54. The Balaban J connectivity index is 1.86. The molecule has 0 radical (unpaired) electrons. The van der Waals surface area contributed by atoms with E-state index < -0.39 is 28.5 Å². The molecular weight excluding hydrogens is 702 g/mol. The fraction of sp³-hybridized carbons (Fsp3) is 0.278. The maximum Gasteiger partial charge on any atom is 0.264 e. The molecule has 2 atom stereocenters. The van der Waals surface area contributed by atoms with E-state index in [1.165, 1.54) is 30.2 Å². The molecule has 0 heterocycles. The average Bonchev–Trinajstić information content (AvgIpc) is 3.05. The van der Waals surface area contributed by atoms with Gasteiger partial charge in [0, 0.05) is 28.5 Å². The lowest BCUT2D eigenvalue weighted by molar-refractivity contribution is -0.140. The van der Waals surface area contributed by atoms with Gasteiger partial charge < -0.3 is 15.0 Å². The summed E-state index contributed by atoms with van der Waals surface area (Å²) >= 11 is 9.88. The molecule has 0 saturated heterocycles. The highest BCUT2D eigenvalue weighted by atomic mass is 79.9.